The second-order valence-electron chi connectivity index (χ2n) is 7.65. The van der Waals surface area contributed by atoms with E-state index in [2.05, 4.69) is 44.8 Å². The largest absolute Gasteiger partial charge is 0.375 e. The van der Waals surface area contributed by atoms with Gasteiger partial charge in [-0.05, 0) is 45.4 Å². The van der Waals surface area contributed by atoms with E-state index in [1.54, 1.807) is 0 Å². The molecule has 0 aliphatic carbocycles. The molecular weight excluding hydrogens is 264 g/mol. The van der Waals surface area contributed by atoms with Crippen LogP contribution in [-0.2, 0) is 9.53 Å². The maximum atomic E-state index is 12.8. The van der Waals surface area contributed by atoms with Gasteiger partial charge in [-0.25, -0.2) is 0 Å². The number of hydrogen-bond donors (Lipinski definition) is 1. The number of rotatable bonds is 5. The summed E-state index contributed by atoms with van der Waals surface area (Å²) in [5, 5.41) is 3.58. The lowest BCUT2D eigenvalue weighted by atomic mass is 9.92. The second kappa shape index (κ2) is 6.66. The molecule has 0 spiro atoms. The van der Waals surface area contributed by atoms with Crippen molar-refractivity contribution < 1.29 is 9.53 Å². The zero-order valence-electron chi connectivity index (χ0n) is 14.3. The van der Waals surface area contributed by atoms with Crippen LogP contribution in [0.15, 0.2) is 0 Å². The molecule has 2 fully saturated rings. The lowest BCUT2D eigenvalue weighted by molar-refractivity contribution is -0.139. The summed E-state index contributed by atoms with van der Waals surface area (Å²) in [6.07, 6.45) is 5.12. The molecule has 2 rings (SSSR count). The Kier molecular flexibility index (Phi) is 5.31. The topological polar surface area (TPSA) is 41.6 Å². The van der Waals surface area contributed by atoms with Gasteiger partial charge in [-0.3, -0.25) is 10.1 Å². The van der Waals surface area contributed by atoms with E-state index in [1.807, 2.05) is 0 Å². The normalized spacial score (nSPS) is 33.0. The first kappa shape index (κ1) is 16.8. The molecule has 0 radical (unpaired) electrons. The Morgan fingerprint density at radius 2 is 2.14 bits per heavy atom. The third-order valence-electron chi connectivity index (χ3n) is 4.62. The summed E-state index contributed by atoms with van der Waals surface area (Å²) in [5.41, 5.74) is -0.117. The minimum Gasteiger partial charge on any atom is -0.375 e. The van der Waals surface area contributed by atoms with E-state index < -0.39 is 0 Å². The van der Waals surface area contributed by atoms with Crippen LogP contribution in [0.2, 0.25) is 0 Å². The quantitative estimate of drug-likeness (QED) is 0.848. The summed E-state index contributed by atoms with van der Waals surface area (Å²) in [7, 11) is 0. The third-order valence-corrected chi connectivity index (χ3v) is 4.62. The van der Waals surface area contributed by atoms with Crippen LogP contribution in [0.3, 0.4) is 0 Å². The van der Waals surface area contributed by atoms with Crippen molar-refractivity contribution in [2.24, 2.45) is 5.92 Å². The summed E-state index contributed by atoms with van der Waals surface area (Å²) >= 11 is 0. The molecule has 4 heteroatoms. The van der Waals surface area contributed by atoms with Crippen LogP contribution >= 0.6 is 0 Å². The molecule has 122 valence electrons. The number of carbonyl (C=O) groups excluding carboxylic acids is 1. The van der Waals surface area contributed by atoms with Gasteiger partial charge in [0.2, 0.25) is 5.91 Å². The average molecular weight is 296 g/mol. The van der Waals surface area contributed by atoms with Gasteiger partial charge in [0.1, 0.15) is 0 Å². The summed E-state index contributed by atoms with van der Waals surface area (Å²) in [4.78, 5) is 15.0. The van der Waals surface area contributed by atoms with Gasteiger partial charge < -0.3 is 9.64 Å². The Balaban J connectivity index is 2.13. The Morgan fingerprint density at radius 1 is 1.43 bits per heavy atom. The SMILES string of the molecule is CCCC1NC(CC(C)C)N(C2CCOC(C)(C)C2)C1=O. The smallest absolute Gasteiger partial charge is 0.241 e. The van der Waals surface area contributed by atoms with E-state index >= 15 is 0 Å². The maximum absolute atomic E-state index is 12.8. The van der Waals surface area contributed by atoms with Crippen molar-refractivity contribution in [3.8, 4) is 0 Å². The molecule has 4 nitrogen and oxygen atoms in total. The van der Waals surface area contributed by atoms with Gasteiger partial charge in [0.15, 0.2) is 0 Å². The van der Waals surface area contributed by atoms with Crippen molar-refractivity contribution >= 4 is 5.91 Å². The molecule has 1 N–H and O–H groups in total. The Labute approximate surface area is 129 Å². The minimum atomic E-state index is -0.117. The second-order valence-corrected chi connectivity index (χ2v) is 7.65. The fraction of sp³-hybridized carbons (Fsp3) is 0.941. The highest BCUT2D eigenvalue weighted by molar-refractivity contribution is 5.84. The van der Waals surface area contributed by atoms with E-state index in [0.29, 0.717) is 17.9 Å². The molecule has 0 saturated carbocycles. The first-order chi connectivity index (χ1) is 9.84. The minimum absolute atomic E-state index is 0.0182. The van der Waals surface area contributed by atoms with Gasteiger partial charge in [0, 0.05) is 12.6 Å². The molecule has 1 amide bonds. The van der Waals surface area contributed by atoms with Crippen LogP contribution in [0.25, 0.3) is 0 Å². The van der Waals surface area contributed by atoms with E-state index in [1.165, 1.54) is 0 Å². The van der Waals surface area contributed by atoms with Crippen LogP contribution < -0.4 is 5.32 Å². The summed E-state index contributed by atoms with van der Waals surface area (Å²) in [5.74, 6) is 0.899. The van der Waals surface area contributed by atoms with Crippen LogP contribution in [0.5, 0.6) is 0 Å². The Morgan fingerprint density at radius 3 is 2.71 bits per heavy atom. The Bertz CT molecular complexity index is 368. The lowest BCUT2D eigenvalue weighted by Gasteiger charge is -2.42. The van der Waals surface area contributed by atoms with E-state index in [9.17, 15) is 4.79 Å². The van der Waals surface area contributed by atoms with Gasteiger partial charge >= 0.3 is 0 Å². The molecule has 2 heterocycles. The number of nitrogens with zero attached hydrogens (tertiary/aromatic N) is 1. The van der Waals surface area contributed by atoms with Crippen molar-refractivity contribution in [2.75, 3.05) is 6.61 Å². The highest BCUT2D eigenvalue weighted by atomic mass is 16.5. The van der Waals surface area contributed by atoms with E-state index in [4.69, 9.17) is 4.74 Å². The average Bonchev–Trinajstić information content (AvgIpc) is 2.64. The molecule has 3 unspecified atom stereocenters. The predicted octanol–water partition coefficient (Wildman–Crippen LogP) is 2.92. The first-order valence-corrected chi connectivity index (χ1v) is 8.56. The van der Waals surface area contributed by atoms with Crippen molar-refractivity contribution in [2.45, 2.75) is 90.6 Å². The standard InChI is InChI=1S/C17H32N2O2/c1-6-7-14-16(20)19(15(18-14)10-12(2)3)13-8-9-21-17(4,5)11-13/h12-15,18H,6-11H2,1-5H3. The van der Waals surface area contributed by atoms with Crippen LogP contribution in [-0.4, -0.2) is 41.3 Å². The molecule has 0 aromatic carbocycles. The molecule has 2 aliphatic rings. The highest BCUT2D eigenvalue weighted by Gasteiger charge is 2.44. The lowest BCUT2D eigenvalue weighted by Crippen LogP contribution is -2.51. The first-order valence-electron chi connectivity index (χ1n) is 8.56. The van der Waals surface area contributed by atoms with Crippen molar-refractivity contribution in [1.29, 1.82) is 0 Å². The van der Waals surface area contributed by atoms with Crippen molar-refractivity contribution in [3.05, 3.63) is 0 Å². The number of carbonyl (C=O) groups is 1. The van der Waals surface area contributed by atoms with Crippen molar-refractivity contribution in [1.82, 2.24) is 10.2 Å². The van der Waals surface area contributed by atoms with Gasteiger partial charge in [-0.2, -0.15) is 0 Å². The van der Waals surface area contributed by atoms with Gasteiger partial charge in [-0.1, -0.05) is 27.2 Å². The van der Waals surface area contributed by atoms with Crippen LogP contribution in [0, 0.1) is 5.92 Å². The highest BCUT2D eigenvalue weighted by Crippen LogP contribution is 2.32. The molecule has 0 aromatic rings. The van der Waals surface area contributed by atoms with E-state index in [0.717, 1.165) is 38.7 Å². The molecule has 0 aromatic heterocycles. The number of nitrogens with one attached hydrogen (secondary N) is 1. The molecule has 2 aliphatic heterocycles. The summed E-state index contributed by atoms with van der Waals surface area (Å²) in [6, 6.07) is 0.337. The number of hydrogen-bond acceptors (Lipinski definition) is 3. The predicted molar refractivity (Wildman–Crippen MR) is 85.0 cm³/mol. The van der Waals surface area contributed by atoms with E-state index in [-0.39, 0.29) is 17.8 Å². The molecule has 2 saturated heterocycles. The van der Waals surface area contributed by atoms with Gasteiger partial charge in [-0.15, -0.1) is 0 Å². The zero-order valence-corrected chi connectivity index (χ0v) is 14.3. The fourth-order valence-corrected chi connectivity index (χ4v) is 3.71. The number of ether oxygens (including phenoxy) is 1. The summed E-state index contributed by atoms with van der Waals surface area (Å²) < 4.78 is 5.82. The third kappa shape index (κ3) is 3.98. The number of amides is 1. The van der Waals surface area contributed by atoms with Gasteiger partial charge in [0.05, 0.1) is 17.8 Å². The molecular formula is C17H32N2O2. The maximum Gasteiger partial charge on any atom is 0.241 e. The van der Waals surface area contributed by atoms with Crippen LogP contribution in [0.1, 0.15) is 66.7 Å². The molecule has 21 heavy (non-hydrogen) atoms. The van der Waals surface area contributed by atoms with Gasteiger partial charge in [0.25, 0.3) is 0 Å². The Hall–Kier alpha value is -0.610. The van der Waals surface area contributed by atoms with Crippen molar-refractivity contribution in [3.63, 3.8) is 0 Å². The molecule has 0 bridgehead atoms. The fourth-order valence-electron chi connectivity index (χ4n) is 3.71. The monoisotopic (exact) mass is 296 g/mol. The van der Waals surface area contributed by atoms with Crippen LogP contribution in [0.4, 0.5) is 0 Å². The molecule has 3 atom stereocenters. The summed E-state index contributed by atoms with van der Waals surface area (Å²) in [6.45, 7) is 11.6. The zero-order chi connectivity index (χ0) is 15.6.